The van der Waals surface area contributed by atoms with Crippen LogP contribution in [0, 0.1) is 0 Å². The molecule has 0 bridgehead atoms. The highest BCUT2D eigenvalue weighted by Crippen LogP contribution is 2.37. The first-order valence-electron chi connectivity index (χ1n) is 9.21. The minimum Gasteiger partial charge on any atom is -0.465 e. The highest BCUT2D eigenvalue weighted by molar-refractivity contribution is 8.13. The van der Waals surface area contributed by atoms with Gasteiger partial charge in [-0.2, -0.15) is 0 Å². The zero-order chi connectivity index (χ0) is 20.9. The quantitative estimate of drug-likeness (QED) is 0.343. The largest absolute Gasteiger partial charge is 0.465 e. The van der Waals surface area contributed by atoms with Gasteiger partial charge in [-0.25, -0.2) is 9.79 Å². The standard InChI is InChI=1S/C22H20N2O4S2/c1-26-21(25)20-16(9-10-29-20)12-30-22(23)24-19(14-5-3-2-4-6-14)15-7-8-17-18(11-15)28-13-27-17/h2-11,19H,12-13H2,1H3,(H2,23,24). The van der Waals surface area contributed by atoms with Gasteiger partial charge >= 0.3 is 5.97 Å². The first kappa shape index (κ1) is 20.3. The predicted molar refractivity (Wildman–Crippen MR) is 119 cm³/mol. The molecule has 1 unspecified atom stereocenters. The Kier molecular flexibility index (Phi) is 6.25. The fraction of sp³-hybridized carbons (Fsp3) is 0.182. The summed E-state index contributed by atoms with van der Waals surface area (Å²) in [5, 5.41) is 2.30. The molecule has 0 saturated carbocycles. The second kappa shape index (κ2) is 9.23. The summed E-state index contributed by atoms with van der Waals surface area (Å²) in [6, 6.07) is 17.4. The van der Waals surface area contributed by atoms with Crippen molar-refractivity contribution in [3.8, 4) is 11.5 Å². The third-order valence-corrected chi connectivity index (χ3v) is 6.37. The molecule has 0 spiro atoms. The van der Waals surface area contributed by atoms with Gasteiger partial charge < -0.3 is 19.9 Å². The maximum Gasteiger partial charge on any atom is 0.348 e. The molecule has 1 atom stereocenters. The van der Waals surface area contributed by atoms with E-state index in [1.54, 1.807) is 0 Å². The third kappa shape index (κ3) is 4.44. The lowest BCUT2D eigenvalue weighted by molar-refractivity contribution is 0.0605. The summed E-state index contributed by atoms with van der Waals surface area (Å²) in [6.45, 7) is 0.221. The molecule has 1 aromatic heterocycles. The van der Waals surface area contributed by atoms with Crippen LogP contribution in [-0.2, 0) is 10.5 Å². The van der Waals surface area contributed by atoms with Gasteiger partial charge in [0.1, 0.15) is 10.9 Å². The molecule has 0 radical (unpaired) electrons. The fourth-order valence-electron chi connectivity index (χ4n) is 3.10. The number of hydrogen-bond acceptors (Lipinski definition) is 7. The summed E-state index contributed by atoms with van der Waals surface area (Å²) in [4.78, 5) is 17.3. The highest BCUT2D eigenvalue weighted by atomic mass is 32.2. The number of nitrogens with two attached hydrogens (primary N) is 1. The Labute approximate surface area is 182 Å². The van der Waals surface area contributed by atoms with E-state index in [1.807, 2.05) is 60.0 Å². The number of fused-ring (bicyclic) bond motifs is 1. The van der Waals surface area contributed by atoms with Crippen LogP contribution >= 0.6 is 23.1 Å². The Morgan fingerprint density at radius 2 is 1.97 bits per heavy atom. The maximum absolute atomic E-state index is 11.9. The second-order valence-corrected chi connectivity index (χ2v) is 8.36. The predicted octanol–water partition coefficient (Wildman–Crippen LogP) is 4.60. The van der Waals surface area contributed by atoms with Crippen LogP contribution < -0.4 is 15.2 Å². The zero-order valence-corrected chi connectivity index (χ0v) is 17.9. The molecular weight excluding hydrogens is 420 g/mol. The van der Waals surface area contributed by atoms with Gasteiger partial charge in [0, 0.05) is 5.75 Å². The molecule has 1 aliphatic heterocycles. The van der Waals surface area contributed by atoms with Crippen molar-refractivity contribution in [1.29, 1.82) is 0 Å². The Hall–Kier alpha value is -2.97. The van der Waals surface area contributed by atoms with Gasteiger partial charge in [-0.1, -0.05) is 48.2 Å². The van der Waals surface area contributed by atoms with Crippen molar-refractivity contribution < 1.29 is 19.0 Å². The van der Waals surface area contributed by atoms with Crippen molar-refractivity contribution in [2.24, 2.45) is 10.7 Å². The van der Waals surface area contributed by atoms with E-state index < -0.39 is 0 Å². The van der Waals surface area contributed by atoms with E-state index >= 15 is 0 Å². The normalized spacial score (nSPS) is 13.8. The van der Waals surface area contributed by atoms with E-state index in [1.165, 1.54) is 30.2 Å². The van der Waals surface area contributed by atoms with Gasteiger partial charge in [-0.15, -0.1) is 11.3 Å². The van der Waals surface area contributed by atoms with Crippen molar-refractivity contribution in [3.05, 3.63) is 81.5 Å². The first-order valence-corrected chi connectivity index (χ1v) is 11.1. The Balaban J connectivity index is 1.58. The van der Waals surface area contributed by atoms with E-state index in [9.17, 15) is 4.79 Å². The lowest BCUT2D eigenvalue weighted by atomic mass is 9.99. The van der Waals surface area contributed by atoms with Gasteiger partial charge in [0.25, 0.3) is 0 Å². The van der Waals surface area contributed by atoms with Crippen LogP contribution in [0.2, 0.25) is 0 Å². The Bertz CT molecular complexity index is 1070. The van der Waals surface area contributed by atoms with Crippen molar-refractivity contribution >= 4 is 34.2 Å². The molecule has 0 aliphatic carbocycles. The number of benzene rings is 2. The van der Waals surface area contributed by atoms with Crippen molar-refractivity contribution in [2.45, 2.75) is 11.8 Å². The molecule has 0 fully saturated rings. The number of esters is 1. The molecule has 30 heavy (non-hydrogen) atoms. The molecule has 1 aliphatic rings. The molecule has 8 heteroatoms. The van der Waals surface area contributed by atoms with Gasteiger partial charge in [0.15, 0.2) is 16.7 Å². The van der Waals surface area contributed by atoms with Crippen LogP contribution in [0.25, 0.3) is 0 Å². The molecule has 6 nitrogen and oxygen atoms in total. The zero-order valence-electron chi connectivity index (χ0n) is 16.2. The smallest absolute Gasteiger partial charge is 0.348 e. The van der Waals surface area contributed by atoms with Crippen molar-refractivity contribution in [2.75, 3.05) is 13.9 Å². The number of thiophene rings is 1. The average molecular weight is 441 g/mol. The van der Waals surface area contributed by atoms with Crippen LogP contribution in [0.15, 0.2) is 65.0 Å². The number of rotatable bonds is 6. The number of hydrogen-bond donors (Lipinski definition) is 1. The van der Waals surface area contributed by atoms with Crippen LogP contribution in [0.1, 0.15) is 32.4 Å². The van der Waals surface area contributed by atoms with Gasteiger partial charge in [0.2, 0.25) is 6.79 Å². The maximum atomic E-state index is 11.9. The van der Waals surface area contributed by atoms with E-state index in [0.717, 1.165) is 22.4 Å². The van der Waals surface area contributed by atoms with Gasteiger partial charge in [-0.3, -0.25) is 0 Å². The van der Waals surface area contributed by atoms with Crippen LogP contribution in [0.4, 0.5) is 0 Å². The molecule has 3 aromatic rings. The third-order valence-electron chi connectivity index (χ3n) is 4.58. The molecule has 154 valence electrons. The fourth-order valence-corrected chi connectivity index (χ4v) is 4.75. The van der Waals surface area contributed by atoms with Crippen molar-refractivity contribution in [3.63, 3.8) is 0 Å². The van der Waals surface area contributed by atoms with Crippen LogP contribution in [-0.4, -0.2) is 25.0 Å². The highest BCUT2D eigenvalue weighted by Gasteiger charge is 2.20. The number of aliphatic imine (C=N–C) groups is 1. The Morgan fingerprint density at radius 1 is 1.17 bits per heavy atom. The molecule has 4 rings (SSSR count). The number of carbonyl (C=O) groups excluding carboxylic acids is 1. The minimum atomic E-state index is -0.335. The average Bonchev–Trinajstić information content (AvgIpc) is 3.45. The lowest BCUT2D eigenvalue weighted by Crippen LogP contribution is -2.11. The van der Waals surface area contributed by atoms with Crippen LogP contribution in [0.3, 0.4) is 0 Å². The monoisotopic (exact) mass is 440 g/mol. The Morgan fingerprint density at radius 3 is 2.77 bits per heavy atom. The number of thioether (sulfide) groups is 1. The van der Waals surface area contributed by atoms with E-state index in [-0.39, 0.29) is 18.8 Å². The van der Waals surface area contributed by atoms with E-state index in [0.29, 0.717) is 21.5 Å². The summed E-state index contributed by atoms with van der Waals surface area (Å²) in [5.74, 6) is 1.63. The summed E-state index contributed by atoms with van der Waals surface area (Å²) in [5.41, 5.74) is 9.14. The summed E-state index contributed by atoms with van der Waals surface area (Å²) in [7, 11) is 1.38. The number of ether oxygens (including phenoxy) is 3. The molecule has 2 N–H and O–H groups in total. The molecular formula is C22H20N2O4S2. The van der Waals surface area contributed by atoms with E-state index in [4.69, 9.17) is 24.9 Å². The molecule has 2 aromatic carbocycles. The van der Waals surface area contributed by atoms with Crippen molar-refractivity contribution in [1.82, 2.24) is 0 Å². The summed E-state index contributed by atoms with van der Waals surface area (Å²) < 4.78 is 15.8. The number of amidine groups is 1. The number of carbonyl (C=O) groups is 1. The van der Waals surface area contributed by atoms with E-state index in [2.05, 4.69) is 0 Å². The molecule has 2 heterocycles. The lowest BCUT2D eigenvalue weighted by Gasteiger charge is -2.15. The van der Waals surface area contributed by atoms with Gasteiger partial charge in [-0.05, 0) is 40.3 Å². The number of nitrogens with zero attached hydrogens (tertiary/aromatic N) is 1. The summed E-state index contributed by atoms with van der Waals surface area (Å²) >= 11 is 2.75. The topological polar surface area (TPSA) is 83.1 Å². The number of methoxy groups -OCH3 is 1. The van der Waals surface area contributed by atoms with Gasteiger partial charge in [0.05, 0.1) is 7.11 Å². The summed E-state index contributed by atoms with van der Waals surface area (Å²) in [6.07, 6.45) is 0. The first-order chi connectivity index (χ1) is 14.7. The molecule has 0 amide bonds. The minimum absolute atomic E-state index is 0.221. The SMILES string of the molecule is COC(=O)c1sccc1CSC(N)=NC(c1ccccc1)c1ccc2c(c1)OCO2. The molecule has 0 saturated heterocycles. The second-order valence-electron chi connectivity index (χ2n) is 6.45. The van der Waals surface area contributed by atoms with Crippen LogP contribution in [0.5, 0.6) is 11.5 Å².